The lowest BCUT2D eigenvalue weighted by Gasteiger charge is -2.07. The molecule has 6 heteroatoms. The zero-order valence-corrected chi connectivity index (χ0v) is 14.0. The first kappa shape index (κ1) is 14.0. The van der Waals surface area contributed by atoms with E-state index in [-0.39, 0.29) is 0 Å². The van der Waals surface area contributed by atoms with Crippen LogP contribution in [0.25, 0.3) is 32.2 Å². The van der Waals surface area contributed by atoms with E-state index in [1.54, 1.807) is 11.3 Å². The van der Waals surface area contributed by atoms with E-state index in [0.29, 0.717) is 10.2 Å². The highest BCUT2D eigenvalue weighted by Crippen LogP contribution is 2.44. The normalized spacial score (nSPS) is 11.6. The molecule has 22 heavy (non-hydrogen) atoms. The van der Waals surface area contributed by atoms with Gasteiger partial charge in [0.1, 0.15) is 16.3 Å². The van der Waals surface area contributed by atoms with Crippen molar-refractivity contribution in [1.82, 2.24) is 15.0 Å². The maximum atomic E-state index is 6.39. The Kier molecular flexibility index (Phi) is 3.33. The van der Waals surface area contributed by atoms with Gasteiger partial charge in [0, 0.05) is 27.5 Å². The van der Waals surface area contributed by atoms with E-state index in [4.69, 9.17) is 23.2 Å². The summed E-state index contributed by atoms with van der Waals surface area (Å²) in [6.45, 7) is 2.13. The van der Waals surface area contributed by atoms with Crippen LogP contribution in [0.5, 0.6) is 0 Å². The Hall–Kier alpha value is -1.62. The molecule has 0 amide bonds. The van der Waals surface area contributed by atoms with Crippen LogP contribution in [0.1, 0.15) is 11.8 Å². The van der Waals surface area contributed by atoms with Crippen molar-refractivity contribution in [3.63, 3.8) is 0 Å². The van der Waals surface area contributed by atoms with Crippen molar-refractivity contribution < 1.29 is 0 Å². The molecule has 3 aromatic heterocycles. The van der Waals surface area contributed by atoms with Crippen LogP contribution in [-0.4, -0.2) is 15.0 Å². The fourth-order valence-corrected chi connectivity index (χ4v) is 4.46. The molecule has 0 spiro atoms. The molecule has 1 aromatic carbocycles. The Balaban J connectivity index is 2.19. The van der Waals surface area contributed by atoms with E-state index in [1.165, 1.54) is 11.2 Å². The summed E-state index contributed by atoms with van der Waals surface area (Å²) in [6, 6.07) is 6.11. The molecule has 3 nitrogen and oxygen atoms in total. The lowest BCUT2D eigenvalue weighted by atomic mass is 9.99. The zero-order valence-electron chi connectivity index (χ0n) is 11.7. The molecular formula is C16H11Cl2N3S. The molecule has 0 aliphatic rings. The molecule has 4 rings (SSSR count). The molecule has 0 bridgehead atoms. The fourth-order valence-electron chi connectivity index (χ4n) is 2.83. The third kappa shape index (κ3) is 1.95. The lowest BCUT2D eigenvalue weighted by molar-refractivity contribution is 1.19. The number of aromatic amines is 1. The molecule has 0 radical (unpaired) electrons. The van der Waals surface area contributed by atoms with Crippen LogP contribution >= 0.6 is 34.5 Å². The highest BCUT2D eigenvalue weighted by atomic mass is 35.5. The monoisotopic (exact) mass is 347 g/mol. The van der Waals surface area contributed by atoms with Crippen molar-refractivity contribution in [2.45, 2.75) is 13.3 Å². The number of H-pyrrole nitrogens is 1. The van der Waals surface area contributed by atoms with Crippen molar-refractivity contribution >= 4 is 55.7 Å². The van der Waals surface area contributed by atoms with Crippen LogP contribution in [0.2, 0.25) is 10.2 Å². The summed E-state index contributed by atoms with van der Waals surface area (Å²) >= 11 is 14.4. The third-order valence-electron chi connectivity index (χ3n) is 3.76. The summed E-state index contributed by atoms with van der Waals surface area (Å²) < 4.78 is 0. The molecule has 0 saturated heterocycles. The van der Waals surface area contributed by atoms with E-state index in [2.05, 4.69) is 27.9 Å². The quantitative estimate of drug-likeness (QED) is 0.472. The zero-order chi connectivity index (χ0) is 15.3. The Labute approximate surface area is 140 Å². The largest absolute Gasteiger partial charge is 0.360 e. The summed E-state index contributed by atoms with van der Waals surface area (Å²) in [6.07, 6.45) is 4.23. The Bertz CT molecular complexity index is 1000. The molecule has 0 atom stereocenters. The second-order valence-corrected chi connectivity index (χ2v) is 6.81. The third-order valence-corrected chi connectivity index (χ3v) is 5.59. The Morgan fingerprint density at radius 3 is 2.86 bits per heavy atom. The van der Waals surface area contributed by atoms with Crippen molar-refractivity contribution in [2.24, 2.45) is 0 Å². The summed E-state index contributed by atoms with van der Waals surface area (Å²) in [7, 11) is 0. The summed E-state index contributed by atoms with van der Waals surface area (Å²) in [5.74, 6) is 0. The fraction of sp³-hybridized carbons (Fsp3) is 0.125. The molecule has 0 aliphatic carbocycles. The van der Waals surface area contributed by atoms with Crippen LogP contribution in [0, 0.1) is 0 Å². The predicted molar refractivity (Wildman–Crippen MR) is 94.1 cm³/mol. The average molecular weight is 348 g/mol. The minimum atomic E-state index is 0.486. The first-order valence-corrected chi connectivity index (χ1v) is 8.45. The number of hydrogen-bond donors (Lipinski definition) is 1. The molecule has 0 unspecified atom stereocenters. The van der Waals surface area contributed by atoms with Crippen molar-refractivity contribution in [1.29, 1.82) is 0 Å². The molecular weight excluding hydrogens is 337 g/mol. The predicted octanol–water partition coefficient (Wildman–Crippen LogP) is 5.71. The smallest absolute Gasteiger partial charge is 0.141 e. The number of nitrogens with zero attached hydrogens (tertiary/aromatic N) is 2. The average Bonchev–Trinajstić information content (AvgIpc) is 3.09. The maximum Gasteiger partial charge on any atom is 0.141 e. The van der Waals surface area contributed by atoms with Gasteiger partial charge in [-0.05, 0) is 18.1 Å². The van der Waals surface area contributed by atoms with Crippen molar-refractivity contribution in [3.05, 3.63) is 45.8 Å². The van der Waals surface area contributed by atoms with Gasteiger partial charge in [-0.25, -0.2) is 9.97 Å². The summed E-state index contributed by atoms with van der Waals surface area (Å²) in [5, 5.41) is 3.12. The van der Waals surface area contributed by atoms with Gasteiger partial charge < -0.3 is 4.98 Å². The van der Waals surface area contributed by atoms with E-state index >= 15 is 0 Å². The molecule has 0 saturated carbocycles. The topological polar surface area (TPSA) is 41.6 Å². The van der Waals surface area contributed by atoms with Crippen LogP contribution < -0.4 is 0 Å². The van der Waals surface area contributed by atoms with Crippen LogP contribution in [0.3, 0.4) is 0 Å². The number of aromatic nitrogens is 3. The number of thiophene rings is 1. The number of nitrogens with one attached hydrogen (secondary N) is 1. The van der Waals surface area contributed by atoms with Crippen molar-refractivity contribution in [2.75, 3.05) is 0 Å². The SMILES string of the molecule is CCc1sc2ncnc(Cl)c2c1-c1cccc2[nH]cc(Cl)c12. The van der Waals surface area contributed by atoms with Gasteiger partial charge in [-0.3, -0.25) is 0 Å². The van der Waals surface area contributed by atoms with Crippen LogP contribution in [0.15, 0.2) is 30.7 Å². The second kappa shape index (κ2) is 5.23. The second-order valence-electron chi connectivity index (χ2n) is 4.96. The van der Waals surface area contributed by atoms with Crippen LogP contribution in [-0.2, 0) is 6.42 Å². The van der Waals surface area contributed by atoms with E-state index in [0.717, 1.165) is 38.7 Å². The van der Waals surface area contributed by atoms with Crippen molar-refractivity contribution in [3.8, 4) is 11.1 Å². The van der Waals surface area contributed by atoms with E-state index < -0.39 is 0 Å². The standard InChI is InChI=1S/C16H11Cl2N3S/c1-2-11-13(14-15(18)20-7-21-16(14)22-11)8-4-3-5-10-12(8)9(17)6-19-10/h3-7,19H,2H2,1H3. The number of hydrogen-bond acceptors (Lipinski definition) is 3. The molecule has 3 heterocycles. The van der Waals surface area contributed by atoms with Gasteiger partial charge in [0.15, 0.2) is 0 Å². The Morgan fingerprint density at radius 2 is 2.05 bits per heavy atom. The first-order chi connectivity index (χ1) is 10.7. The van der Waals surface area contributed by atoms with Gasteiger partial charge in [-0.2, -0.15) is 0 Å². The number of aryl methyl sites for hydroxylation is 1. The van der Waals surface area contributed by atoms with Gasteiger partial charge in [-0.1, -0.05) is 42.3 Å². The number of fused-ring (bicyclic) bond motifs is 2. The maximum absolute atomic E-state index is 6.39. The first-order valence-electron chi connectivity index (χ1n) is 6.88. The minimum absolute atomic E-state index is 0.486. The number of halogens is 2. The van der Waals surface area contributed by atoms with Gasteiger partial charge in [-0.15, -0.1) is 11.3 Å². The van der Waals surface area contributed by atoms with Crippen LogP contribution in [0.4, 0.5) is 0 Å². The van der Waals surface area contributed by atoms with Gasteiger partial charge >= 0.3 is 0 Å². The Morgan fingerprint density at radius 1 is 1.18 bits per heavy atom. The molecule has 110 valence electrons. The summed E-state index contributed by atoms with van der Waals surface area (Å²) in [4.78, 5) is 13.9. The van der Waals surface area contributed by atoms with Gasteiger partial charge in [0.2, 0.25) is 0 Å². The number of rotatable bonds is 2. The molecule has 4 aromatic rings. The van der Waals surface area contributed by atoms with Gasteiger partial charge in [0.25, 0.3) is 0 Å². The molecule has 0 fully saturated rings. The lowest BCUT2D eigenvalue weighted by Crippen LogP contribution is -1.86. The summed E-state index contributed by atoms with van der Waals surface area (Å²) in [5.41, 5.74) is 3.18. The number of benzene rings is 1. The highest BCUT2D eigenvalue weighted by molar-refractivity contribution is 7.19. The van der Waals surface area contributed by atoms with E-state index in [9.17, 15) is 0 Å². The minimum Gasteiger partial charge on any atom is -0.360 e. The molecule has 0 aliphatic heterocycles. The van der Waals surface area contributed by atoms with Gasteiger partial charge in [0.05, 0.1) is 10.4 Å². The highest BCUT2D eigenvalue weighted by Gasteiger charge is 2.20. The molecule has 1 N–H and O–H groups in total. The van der Waals surface area contributed by atoms with E-state index in [1.807, 2.05) is 18.3 Å².